The minimum absolute atomic E-state index is 0. The molecule has 0 heterocycles. The predicted molar refractivity (Wildman–Crippen MR) is 71.9 cm³/mol. The molecule has 0 fully saturated rings. The largest absolute Gasteiger partial charge is 1.00 e. The second-order valence-corrected chi connectivity index (χ2v) is 5.49. The van der Waals surface area contributed by atoms with Gasteiger partial charge in [0.1, 0.15) is 5.75 Å². The number of methoxy groups -OCH3 is 1. The third kappa shape index (κ3) is 7.17. The van der Waals surface area contributed by atoms with E-state index in [1.165, 1.54) is 0 Å². The fraction of sp³-hybridized carbons (Fsp3) is 0.500. The summed E-state index contributed by atoms with van der Waals surface area (Å²) < 4.78 is 35.1. The molecule has 0 aromatic heterocycles. The standard InChI is InChI=1S/C12H19NO4S.Na/c1-3-13(8-5-9-18(14,15)16)11-6-4-7-12(10-11)17-2;/h4,6-7,10H,3,5,8-9H2,1-2H3,(H,14,15,16);/q;+1. The molecule has 5 nitrogen and oxygen atoms in total. The fourth-order valence-electron chi connectivity index (χ4n) is 1.71. The summed E-state index contributed by atoms with van der Waals surface area (Å²) in [7, 11) is -2.27. The first-order valence-electron chi connectivity index (χ1n) is 5.80. The molecule has 0 amide bonds. The Hall–Kier alpha value is -0.270. The van der Waals surface area contributed by atoms with E-state index in [1.54, 1.807) is 7.11 Å². The zero-order valence-electron chi connectivity index (χ0n) is 11.7. The van der Waals surface area contributed by atoms with Gasteiger partial charge >= 0.3 is 29.6 Å². The van der Waals surface area contributed by atoms with Gasteiger partial charge in [0.2, 0.25) is 0 Å². The average Bonchev–Trinajstić information content (AvgIpc) is 2.33. The van der Waals surface area contributed by atoms with E-state index in [0.717, 1.165) is 18.0 Å². The summed E-state index contributed by atoms with van der Waals surface area (Å²) in [5, 5.41) is 0. The van der Waals surface area contributed by atoms with Crippen LogP contribution in [-0.4, -0.2) is 38.9 Å². The molecule has 0 unspecified atom stereocenters. The van der Waals surface area contributed by atoms with Gasteiger partial charge in [-0.05, 0) is 25.5 Å². The summed E-state index contributed by atoms with van der Waals surface area (Å²) in [6, 6.07) is 7.59. The zero-order chi connectivity index (χ0) is 13.6. The van der Waals surface area contributed by atoms with E-state index in [-0.39, 0.29) is 35.3 Å². The van der Waals surface area contributed by atoms with Crippen molar-refractivity contribution in [3.63, 3.8) is 0 Å². The summed E-state index contributed by atoms with van der Waals surface area (Å²) in [6.45, 7) is 3.33. The van der Waals surface area contributed by atoms with Gasteiger partial charge in [-0.15, -0.1) is 0 Å². The first kappa shape index (κ1) is 18.7. The summed E-state index contributed by atoms with van der Waals surface area (Å²) in [5.41, 5.74) is 0.979. The van der Waals surface area contributed by atoms with Gasteiger partial charge in [-0.25, -0.2) is 0 Å². The molecule has 0 atom stereocenters. The second kappa shape index (κ2) is 8.81. The Kier molecular flexibility index (Phi) is 8.69. The van der Waals surface area contributed by atoms with Crippen LogP contribution in [-0.2, 0) is 10.1 Å². The van der Waals surface area contributed by atoms with Crippen LogP contribution in [0.5, 0.6) is 5.75 Å². The molecule has 0 saturated carbocycles. The molecule has 0 bridgehead atoms. The van der Waals surface area contributed by atoms with Crippen LogP contribution in [0.15, 0.2) is 24.3 Å². The van der Waals surface area contributed by atoms with Gasteiger partial charge in [0.15, 0.2) is 0 Å². The summed E-state index contributed by atoms with van der Waals surface area (Å²) in [4.78, 5) is 2.04. The molecule has 0 aliphatic rings. The molecule has 0 spiro atoms. The number of hydrogen-bond donors (Lipinski definition) is 1. The van der Waals surface area contributed by atoms with E-state index < -0.39 is 10.1 Å². The maximum Gasteiger partial charge on any atom is 1.00 e. The Bertz CT molecular complexity index is 478. The maximum absolute atomic E-state index is 10.7. The SMILES string of the molecule is CCN(CCCS(=O)(=O)O)c1cccc(OC)c1.[Na+]. The van der Waals surface area contributed by atoms with Crippen molar-refractivity contribution in [2.75, 3.05) is 30.9 Å². The van der Waals surface area contributed by atoms with E-state index in [0.29, 0.717) is 13.0 Å². The maximum atomic E-state index is 10.7. The van der Waals surface area contributed by atoms with Gasteiger partial charge in [-0.1, -0.05) is 6.07 Å². The Morgan fingerprint density at radius 3 is 2.58 bits per heavy atom. The van der Waals surface area contributed by atoms with Gasteiger partial charge < -0.3 is 9.64 Å². The van der Waals surface area contributed by atoms with Crippen molar-refractivity contribution in [2.45, 2.75) is 13.3 Å². The van der Waals surface area contributed by atoms with Crippen molar-refractivity contribution in [1.29, 1.82) is 0 Å². The van der Waals surface area contributed by atoms with Crippen LogP contribution >= 0.6 is 0 Å². The molecule has 0 aliphatic heterocycles. The molecule has 1 N–H and O–H groups in total. The number of hydrogen-bond acceptors (Lipinski definition) is 4. The van der Waals surface area contributed by atoms with Crippen molar-refractivity contribution in [3.05, 3.63) is 24.3 Å². The smallest absolute Gasteiger partial charge is 0.497 e. The van der Waals surface area contributed by atoms with Gasteiger partial charge in [-0.3, -0.25) is 4.55 Å². The summed E-state index contributed by atoms with van der Waals surface area (Å²) >= 11 is 0. The third-order valence-electron chi connectivity index (χ3n) is 2.63. The average molecular weight is 296 g/mol. The number of ether oxygens (including phenoxy) is 1. The molecule has 0 radical (unpaired) electrons. The second-order valence-electron chi connectivity index (χ2n) is 3.92. The number of benzene rings is 1. The molecule has 19 heavy (non-hydrogen) atoms. The van der Waals surface area contributed by atoms with E-state index in [9.17, 15) is 8.42 Å². The van der Waals surface area contributed by atoms with Crippen molar-refractivity contribution in [1.82, 2.24) is 0 Å². The summed E-state index contributed by atoms with van der Waals surface area (Å²) in [6.07, 6.45) is 0.393. The molecule has 1 aromatic carbocycles. The van der Waals surface area contributed by atoms with Crippen molar-refractivity contribution < 1.29 is 47.3 Å². The Morgan fingerprint density at radius 2 is 2.05 bits per heavy atom. The quantitative estimate of drug-likeness (QED) is 0.506. The monoisotopic (exact) mass is 296 g/mol. The normalized spacial score (nSPS) is 10.7. The van der Waals surface area contributed by atoms with Crippen molar-refractivity contribution in [2.24, 2.45) is 0 Å². The first-order valence-corrected chi connectivity index (χ1v) is 7.41. The van der Waals surface area contributed by atoms with Crippen LogP contribution in [0.25, 0.3) is 0 Å². The Balaban J connectivity index is 0.00000324. The summed E-state index contributed by atoms with van der Waals surface area (Å²) in [5.74, 6) is 0.550. The van der Waals surface area contributed by atoms with Crippen LogP contribution in [0.1, 0.15) is 13.3 Å². The first-order chi connectivity index (χ1) is 8.46. The predicted octanol–water partition coefficient (Wildman–Crippen LogP) is -1.20. The number of anilines is 1. The minimum Gasteiger partial charge on any atom is -0.497 e. The fourth-order valence-corrected chi connectivity index (χ4v) is 2.21. The molecular weight excluding hydrogens is 277 g/mol. The van der Waals surface area contributed by atoms with Gasteiger partial charge in [0.05, 0.1) is 12.9 Å². The Morgan fingerprint density at radius 1 is 1.37 bits per heavy atom. The minimum atomic E-state index is -3.87. The topological polar surface area (TPSA) is 66.8 Å². The van der Waals surface area contributed by atoms with E-state index in [2.05, 4.69) is 0 Å². The number of nitrogens with zero attached hydrogens (tertiary/aromatic N) is 1. The van der Waals surface area contributed by atoms with Gasteiger partial charge in [0.25, 0.3) is 10.1 Å². The molecule has 0 aliphatic carbocycles. The molecule has 102 valence electrons. The van der Waals surface area contributed by atoms with Crippen LogP contribution in [0, 0.1) is 0 Å². The molecule has 0 saturated heterocycles. The molecular formula is C12H19NNaO4S+. The van der Waals surface area contributed by atoms with Crippen LogP contribution in [0.2, 0.25) is 0 Å². The van der Waals surface area contributed by atoms with Crippen LogP contribution in [0.3, 0.4) is 0 Å². The molecule has 1 aromatic rings. The van der Waals surface area contributed by atoms with E-state index in [1.807, 2.05) is 36.1 Å². The third-order valence-corrected chi connectivity index (χ3v) is 3.44. The Labute approximate surface area is 137 Å². The van der Waals surface area contributed by atoms with E-state index in [4.69, 9.17) is 9.29 Å². The van der Waals surface area contributed by atoms with Crippen molar-refractivity contribution >= 4 is 15.8 Å². The molecule has 1 rings (SSSR count). The zero-order valence-corrected chi connectivity index (χ0v) is 14.5. The number of rotatable bonds is 7. The van der Waals surface area contributed by atoms with E-state index >= 15 is 0 Å². The molecule has 7 heteroatoms. The van der Waals surface area contributed by atoms with Gasteiger partial charge in [0, 0.05) is 24.8 Å². The van der Waals surface area contributed by atoms with Crippen molar-refractivity contribution in [3.8, 4) is 5.75 Å². The van der Waals surface area contributed by atoms with Crippen LogP contribution < -0.4 is 39.2 Å². The van der Waals surface area contributed by atoms with Crippen LogP contribution in [0.4, 0.5) is 5.69 Å². The van der Waals surface area contributed by atoms with Gasteiger partial charge in [-0.2, -0.15) is 8.42 Å².